The van der Waals surface area contributed by atoms with Gasteiger partial charge in [0, 0.05) is 11.9 Å². The number of rotatable bonds is 5. The van der Waals surface area contributed by atoms with Crippen LogP contribution in [0.5, 0.6) is 0 Å². The highest BCUT2D eigenvalue weighted by Crippen LogP contribution is 2.23. The minimum atomic E-state index is 0.332. The van der Waals surface area contributed by atoms with E-state index in [4.69, 9.17) is 16.3 Å². The number of hydrogen-bond donors (Lipinski definition) is 0. The topological polar surface area (TPSA) is 12.5 Å². The van der Waals surface area contributed by atoms with E-state index in [0.29, 0.717) is 17.4 Å². The van der Waals surface area contributed by atoms with Crippen molar-refractivity contribution in [2.24, 2.45) is 5.92 Å². The molecule has 15 heavy (non-hydrogen) atoms. The molecule has 2 nitrogen and oxygen atoms in total. The van der Waals surface area contributed by atoms with Gasteiger partial charge in [0.25, 0.3) is 0 Å². The van der Waals surface area contributed by atoms with Crippen LogP contribution in [-0.2, 0) is 4.74 Å². The summed E-state index contributed by atoms with van der Waals surface area (Å²) in [6.07, 6.45) is 2.84. The Morgan fingerprint density at radius 2 is 1.87 bits per heavy atom. The Morgan fingerprint density at radius 3 is 2.33 bits per heavy atom. The molecule has 1 unspecified atom stereocenters. The highest BCUT2D eigenvalue weighted by atomic mass is 35.5. The molecule has 3 heteroatoms. The van der Waals surface area contributed by atoms with Gasteiger partial charge in [-0.15, -0.1) is 11.6 Å². The van der Waals surface area contributed by atoms with E-state index >= 15 is 0 Å². The standard InChI is InChI=1S/C12H24ClNO/c1-10(2)15-9-8-14-6-4-12(5-7-14)11(3)13/h10-12H,4-9H2,1-3H3. The molecule has 1 aliphatic heterocycles. The first-order chi connectivity index (χ1) is 7.09. The van der Waals surface area contributed by atoms with Crippen molar-refractivity contribution in [1.29, 1.82) is 0 Å². The number of alkyl halides is 1. The van der Waals surface area contributed by atoms with Crippen LogP contribution in [0.15, 0.2) is 0 Å². The molecule has 0 aromatic heterocycles. The van der Waals surface area contributed by atoms with Crippen molar-refractivity contribution < 1.29 is 4.74 Å². The zero-order valence-corrected chi connectivity index (χ0v) is 11.0. The molecule has 0 amide bonds. The lowest BCUT2D eigenvalue weighted by Gasteiger charge is -2.33. The first kappa shape index (κ1) is 13.3. The lowest BCUT2D eigenvalue weighted by atomic mass is 9.94. The van der Waals surface area contributed by atoms with E-state index in [-0.39, 0.29) is 0 Å². The van der Waals surface area contributed by atoms with Gasteiger partial charge in [-0.1, -0.05) is 0 Å². The second kappa shape index (κ2) is 6.72. The van der Waals surface area contributed by atoms with Crippen LogP contribution in [0.25, 0.3) is 0 Å². The number of hydrogen-bond acceptors (Lipinski definition) is 2. The van der Waals surface area contributed by atoms with Gasteiger partial charge in [-0.25, -0.2) is 0 Å². The summed E-state index contributed by atoms with van der Waals surface area (Å²) in [5.74, 6) is 0.717. The van der Waals surface area contributed by atoms with Crippen molar-refractivity contribution in [1.82, 2.24) is 4.90 Å². The van der Waals surface area contributed by atoms with Crippen LogP contribution in [-0.4, -0.2) is 42.6 Å². The number of ether oxygens (including phenoxy) is 1. The Balaban J connectivity index is 2.09. The van der Waals surface area contributed by atoms with E-state index in [1.54, 1.807) is 0 Å². The van der Waals surface area contributed by atoms with Gasteiger partial charge in [-0.05, 0) is 52.6 Å². The van der Waals surface area contributed by atoms with Crippen LogP contribution in [0, 0.1) is 5.92 Å². The molecular formula is C12H24ClNO. The average molecular weight is 234 g/mol. The molecule has 0 saturated carbocycles. The number of likely N-dealkylation sites (tertiary alicyclic amines) is 1. The molecule has 90 valence electrons. The third-order valence-electron chi connectivity index (χ3n) is 3.14. The number of piperidine rings is 1. The van der Waals surface area contributed by atoms with Crippen LogP contribution in [0.3, 0.4) is 0 Å². The SMILES string of the molecule is CC(C)OCCN1CCC(C(C)Cl)CC1. The first-order valence-corrected chi connectivity index (χ1v) is 6.51. The monoisotopic (exact) mass is 233 g/mol. The predicted octanol–water partition coefficient (Wildman–Crippen LogP) is 2.75. The molecule has 0 bridgehead atoms. The fourth-order valence-corrected chi connectivity index (χ4v) is 2.31. The van der Waals surface area contributed by atoms with Gasteiger partial charge in [-0.2, -0.15) is 0 Å². The second-order valence-corrected chi connectivity index (χ2v) is 5.46. The van der Waals surface area contributed by atoms with Crippen LogP contribution >= 0.6 is 11.6 Å². The van der Waals surface area contributed by atoms with E-state index in [2.05, 4.69) is 25.7 Å². The number of halogens is 1. The largest absolute Gasteiger partial charge is 0.377 e. The average Bonchev–Trinajstić information content (AvgIpc) is 2.18. The number of nitrogens with zero attached hydrogens (tertiary/aromatic N) is 1. The summed E-state index contributed by atoms with van der Waals surface area (Å²) in [6, 6.07) is 0. The van der Waals surface area contributed by atoms with E-state index in [9.17, 15) is 0 Å². The normalized spacial score (nSPS) is 22.2. The van der Waals surface area contributed by atoms with Crippen molar-refractivity contribution in [2.75, 3.05) is 26.2 Å². The van der Waals surface area contributed by atoms with Crippen molar-refractivity contribution >= 4 is 11.6 Å². The molecule has 1 rings (SSSR count). The third kappa shape index (κ3) is 5.19. The molecular weight excluding hydrogens is 210 g/mol. The molecule has 0 aliphatic carbocycles. The lowest BCUT2D eigenvalue weighted by molar-refractivity contribution is 0.0508. The first-order valence-electron chi connectivity index (χ1n) is 6.07. The van der Waals surface area contributed by atoms with Crippen LogP contribution in [0.2, 0.25) is 0 Å². The fraction of sp³-hybridized carbons (Fsp3) is 1.00. The van der Waals surface area contributed by atoms with Gasteiger partial charge >= 0.3 is 0 Å². The third-order valence-corrected chi connectivity index (χ3v) is 3.50. The summed E-state index contributed by atoms with van der Waals surface area (Å²) in [6.45, 7) is 10.6. The van der Waals surface area contributed by atoms with Gasteiger partial charge in [-0.3, -0.25) is 0 Å². The van der Waals surface area contributed by atoms with Crippen molar-refractivity contribution in [2.45, 2.75) is 45.1 Å². The maximum atomic E-state index is 6.11. The molecule has 0 aromatic rings. The molecule has 0 radical (unpaired) electrons. The Kier molecular flexibility index (Phi) is 5.95. The van der Waals surface area contributed by atoms with Gasteiger partial charge in [0.05, 0.1) is 12.7 Å². The Hall–Kier alpha value is 0.210. The summed E-state index contributed by atoms with van der Waals surface area (Å²) in [5.41, 5.74) is 0. The van der Waals surface area contributed by atoms with Gasteiger partial charge < -0.3 is 9.64 Å². The summed E-state index contributed by atoms with van der Waals surface area (Å²) in [5, 5.41) is 0.332. The zero-order valence-electron chi connectivity index (χ0n) is 10.2. The smallest absolute Gasteiger partial charge is 0.0596 e. The molecule has 1 aliphatic rings. The van der Waals surface area contributed by atoms with Crippen molar-refractivity contribution in [3.8, 4) is 0 Å². The minimum absolute atomic E-state index is 0.332. The van der Waals surface area contributed by atoms with Crippen molar-refractivity contribution in [3.63, 3.8) is 0 Å². The maximum Gasteiger partial charge on any atom is 0.0596 e. The molecule has 1 heterocycles. The summed E-state index contributed by atoms with van der Waals surface area (Å²) < 4.78 is 5.55. The van der Waals surface area contributed by atoms with Crippen molar-refractivity contribution in [3.05, 3.63) is 0 Å². The van der Waals surface area contributed by atoms with Gasteiger partial charge in [0.2, 0.25) is 0 Å². The second-order valence-electron chi connectivity index (χ2n) is 4.78. The molecule has 1 fully saturated rings. The van der Waals surface area contributed by atoms with Crippen LogP contribution in [0.1, 0.15) is 33.6 Å². The molecule has 1 saturated heterocycles. The Morgan fingerprint density at radius 1 is 1.27 bits per heavy atom. The van der Waals surface area contributed by atoms with E-state index in [0.717, 1.165) is 13.2 Å². The highest BCUT2D eigenvalue weighted by Gasteiger charge is 2.22. The summed E-state index contributed by atoms with van der Waals surface area (Å²) in [7, 11) is 0. The van der Waals surface area contributed by atoms with E-state index < -0.39 is 0 Å². The summed E-state index contributed by atoms with van der Waals surface area (Å²) >= 11 is 6.11. The van der Waals surface area contributed by atoms with E-state index in [1.165, 1.54) is 25.9 Å². The lowest BCUT2D eigenvalue weighted by Crippen LogP contribution is -2.38. The zero-order chi connectivity index (χ0) is 11.3. The summed E-state index contributed by atoms with van der Waals surface area (Å²) in [4.78, 5) is 2.48. The maximum absolute atomic E-state index is 6.11. The Labute approximate surface area is 98.9 Å². The fourth-order valence-electron chi connectivity index (χ4n) is 2.05. The predicted molar refractivity (Wildman–Crippen MR) is 65.6 cm³/mol. The molecule has 1 atom stereocenters. The minimum Gasteiger partial charge on any atom is -0.377 e. The van der Waals surface area contributed by atoms with Gasteiger partial charge in [0.15, 0.2) is 0 Å². The molecule has 0 N–H and O–H groups in total. The molecule has 0 spiro atoms. The van der Waals surface area contributed by atoms with Gasteiger partial charge in [0.1, 0.15) is 0 Å². The van der Waals surface area contributed by atoms with Crippen LogP contribution in [0.4, 0.5) is 0 Å². The quantitative estimate of drug-likeness (QED) is 0.678. The van der Waals surface area contributed by atoms with E-state index in [1.807, 2.05) is 0 Å². The Bertz CT molecular complexity index is 162. The molecule has 0 aromatic carbocycles. The highest BCUT2D eigenvalue weighted by molar-refractivity contribution is 6.20. The van der Waals surface area contributed by atoms with Crippen LogP contribution < -0.4 is 0 Å².